The molecule has 0 aliphatic heterocycles. The molecule has 0 spiro atoms. The molecule has 0 bridgehead atoms. The van der Waals surface area contributed by atoms with Crippen LogP contribution in [0.5, 0.6) is 0 Å². The lowest BCUT2D eigenvalue weighted by Crippen LogP contribution is -2.46. The second-order valence-corrected chi connectivity index (χ2v) is 4.75. The zero-order valence-corrected chi connectivity index (χ0v) is 8.50. The van der Waals surface area contributed by atoms with Gasteiger partial charge in [-0.15, -0.1) is 0 Å². The standard InChI is InChI=1S/C11H21NO/c1-8(9-6-7-9)12-10-4-2-3-5-11(10)13/h8-13H,2-7H2,1H3/t8?,10-,11+/m0/s1. The zero-order valence-electron chi connectivity index (χ0n) is 8.50. The summed E-state index contributed by atoms with van der Waals surface area (Å²) in [4.78, 5) is 0. The fourth-order valence-corrected chi connectivity index (χ4v) is 2.38. The van der Waals surface area contributed by atoms with Gasteiger partial charge >= 0.3 is 0 Å². The van der Waals surface area contributed by atoms with Gasteiger partial charge in [-0.25, -0.2) is 0 Å². The molecule has 2 nitrogen and oxygen atoms in total. The molecule has 2 saturated carbocycles. The lowest BCUT2D eigenvalue weighted by atomic mass is 9.92. The van der Waals surface area contributed by atoms with Crippen LogP contribution < -0.4 is 5.32 Å². The van der Waals surface area contributed by atoms with Gasteiger partial charge in [-0.1, -0.05) is 12.8 Å². The predicted octanol–water partition coefficient (Wildman–Crippen LogP) is 1.68. The largest absolute Gasteiger partial charge is 0.392 e. The Labute approximate surface area is 80.7 Å². The highest BCUT2D eigenvalue weighted by Gasteiger charge is 2.31. The van der Waals surface area contributed by atoms with Crippen molar-refractivity contribution in [3.05, 3.63) is 0 Å². The number of hydrogen-bond donors (Lipinski definition) is 2. The second-order valence-electron chi connectivity index (χ2n) is 4.75. The fourth-order valence-electron chi connectivity index (χ4n) is 2.38. The third-order valence-electron chi connectivity index (χ3n) is 3.54. The number of hydrogen-bond acceptors (Lipinski definition) is 2. The van der Waals surface area contributed by atoms with E-state index in [9.17, 15) is 5.11 Å². The van der Waals surface area contributed by atoms with Gasteiger partial charge in [0.25, 0.3) is 0 Å². The van der Waals surface area contributed by atoms with Gasteiger partial charge in [0, 0.05) is 12.1 Å². The normalized spacial score (nSPS) is 37.4. The second kappa shape index (κ2) is 3.97. The van der Waals surface area contributed by atoms with Gasteiger partial charge in [0.05, 0.1) is 6.10 Å². The minimum absolute atomic E-state index is 0.0880. The van der Waals surface area contributed by atoms with Crippen LogP contribution in [-0.4, -0.2) is 23.3 Å². The molecular formula is C11H21NO. The summed E-state index contributed by atoms with van der Waals surface area (Å²) in [5.41, 5.74) is 0. The summed E-state index contributed by atoms with van der Waals surface area (Å²) in [6.45, 7) is 2.26. The van der Waals surface area contributed by atoms with E-state index in [1.165, 1.54) is 25.7 Å². The predicted molar refractivity (Wildman–Crippen MR) is 53.6 cm³/mol. The summed E-state index contributed by atoms with van der Waals surface area (Å²) >= 11 is 0. The molecule has 0 amide bonds. The van der Waals surface area contributed by atoms with Crippen molar-refractivity contribution >= 4 is 0 Å². The Morgan fingerprint density at radius 1 is 1.15 bits per heavy atom. The molecule has 2 rings (SSSR count). The monoisotopic (exact) mass is 183 g/mol. The van der Waals surface area contributed by atoms with Gasteiger partial charge < -0.3 is 10.4 Å². The summed E-state index contributed by atoms with van der Waals surface area (Å²) in [7, 11) is 0. The van der Waals surface area contributed by atoms with Gasteiger partial charge in [-0.2, -0.15) is 0 Å². The van der Waals surface area contributed by atoms with E-state index in [4.69, 9.17) is 0 Å². The van der Waals surface area contributed by atoms with Crippen molar-refractivity contribution < 1.29 is 5.11 Å². The molecule has 2 fully saturated rings. The van der Waals surface area contributed by atoms with E-state index in [1.807, 2.05) is 0 Å². The lowest BCUT2D eigenvalue weighted by Gasteiger charge is -2.31. The molecule has 0 aromatic rings. The number of rotatable bonds is 3. The highest BCUT2D eigenvalue weighted by atomic mass is 16.3. The van der Waals surface area contributed by atoms with Crippen LogP contribution in [0.1, 0.15) is 45.4 Å². The molecule has 0 saturated heterocycles. The van der Waals surface area contributed by atoms with Crippen molar-refractivity contribution in [2.24, 2.45) is 5.92 Å². The minimum atomic E-state index is -0.0880. The maximum absolute atomic E-state index is 9.76. The van der Waals surface area contributed by atoms with Crippen molar-refractivity contribution in [1.82, 2.24) is 5.32 Å². The average Bonchev–Trinajstić information content (AvgIpc) is 2.91. The number of nitrogens with one attached hydrogen (secondary N) is 1. The average molecular weight is 183 g/mol. The van der Waals surface area contributed by atoms with Crippen LogP contribution in [0.15, 0.2) is 0 Å². The van der Waals surface area contributed by atoms with Crippen LogP contribution in [0.25, 0.3) is 0 Å². The third kappa shape index (κ3) is 2.44. The lowest BCUT2D eigenvalue weighted by molar-refractivity contribution is 0.0845. The van der Waals surface area contributed by atoms with Crippen molar-refractivity contribution in [3.8, 4) is 0 Å². The van der Waals surface area contributed by atoms with Crippen molar-refractivity contribution in [1.29, 1.82) is 0 Å². The van der Waals surface area contributed by atoms with E-state index in [0.29, 0.717) is 12.1 Å². The first kappa shape index (κ1) is 9.47. The quantitative estimate of drug-likeness (QED) is 0.697. The highest BCUT2D eigenvalue weighted by molar-refractivity contribution is 4.89. The SMILES string of the molecule is CC(N[C@H]1CCCC[C@H]1O)C1CC1. The summed E-state index contributed by atoms with van der Waals surface area (Å²) in [5.74, 6) is 0.897. The van der Waals surface area contributed by atoms with Gasteiger partial charge in [0.15, 0.2) is 0 Å². The third-order valence-corrected chi connectivity index (χ3v) is 3.54. The molecule has 76 valence electrons. The topological polar surface area (TPSA) is 32.3 Å². The molecule has 2 heteroatoms. The van der Waals surface area contributed by atoms with Crippen LogP contribution in [0.4, 0.5) is 0 Å². The van der Waals surface area contributed by atoms with E-state index >= 15 is 0 Å². The van der Waals surface area contributed by atoms with Crippen LogP contribution in [0.2, 0.25) is 0 Å². The van der Waals surface area contributed by atoms with E-state index in [2.05, 4.69) is 12.2 Å². The minimum Gasteiger partial charge on any atom is -0.392 e. The van der Waals surface area contributed by atoms with Gasteiger partial charge in [-0.3, -0.25) is 0 Å². The maximum atomic E-state index is 9.76. The Kier molecular flexibility index (Phi) is 2.89. The van der Waals surface area contributed by atoms with E-state index in [0.717, 1.165) is 18.8 Å². The molecule has 2 aliphatic carbocycles. The Balaban J connectivity index is 1.77. The van der Waals surface area contributed by atoms with E-state index in [1.54, 1.807) is 0 Å². The van der Waals surface area contributed by atoms with E-state index in [-0.39, 0.29) is 6.10 Å². The molecule has 0 aromatic carbocycles. The summed E-state index contributed by atoms with van der Waals surface area (Å²) in [5, 5.41) is 13.3. The summed E-state index contributed by atoms with van der Waals surface area (Å²) < 4.78 is 0. The van der Waals surface area contributed by atoms with Crippen molar-refractivity contribution in [3.63, 3.8) is 0 Å². The number of aliphatic hydroxyl groups excluding tert-OH is 1. The van der Waals surface area contributed by atoms with Crippen LogP contribution in [0.3, 0.4) is 0 Å². The highest BCUT2D eigenvalue weighted by Crippen LogP contribution is 2.33. The van der Waals surface area contributed by atoms with Crippen LogP contribution in [-0.2, 0) is 0 Å². The first-order valence-corrected chi connectivity index (χ1v) is 5.71. The summed E-state index contributed by atoms with van der Waals surface area (Å²) in [6.07, 6.45) is 7.33. The molecular weight excluding hydrogens is 162 g/mol. The Hall–Kier alpha value is -0.0800. The van der Waals surface area contributed by atoms with Crippen molar-refractivity contribution in [2.45, 2.75) is 63.6 Å². The van der Waals surface area contributed by atoms with Gasteiger partial charge in [0.1, 0.15) is 0 Å². The molecule has 1 unspecified atom stereocenters. The molecule has 0 radical (unpaired) electrons. The molecule has 2 N–H and O–H groups in total. The fraction of sp³-hybridized carbons (Fsp3) is 1.00. The number of aliphatic hydroxyl groups is 1. The smallest absolute Gasteiger partial charge is 0.0693 e. The Morgan fingerprint density at radius 2 is 1.85 bits per heavy atom. The van der Waals surface area contributed by atoms with Crippen molar-refractivity contribution in [2.75, 3.05) is 0 Å². The Morgan fingerprint density at radius 3 is 2.46 bits per heavy atom. The Bertz CT molecular complexity index is 167. The van der Waals surface area contributed by atoms with Gasteiger partial charge in [0.2, 0.25) is 0 Å². The first-order valence-electron chi connectivity index (χ1n) is 5.71. The summed E-state index contributed by atoms with van der Waals surface area (Å²) in [6, 6.07) is 1.00. The molecule has 0 heterocycles. The van der Waals surface area contributed by atoms with Gasteiger partial charge in [-0.05, 0) is 38.5 Å². The molecule has 0 aromatic heterocycles. The van der Waals surface area contributed by atoms with Crippen LogP contribution in [0, 0.1) is 5.92 Å². The zero-order chi connectivity index (χ0) is 9.26. The first-order chi connectivity index (χ1) is 6.27. The molecule has 2 aliphatic rings. The van der Waals surface area contributed by atoms with E-state index < -0.39 is 0 Å². The molecule has 13 heavy (non-hydrogen) atoms. The molecule has 3 atom stereocenters. The van der Waals surface area contributed by atoms with Crippen LogP contribution >= 0.6 is 0 Å². The maximum Gasteiger partial charge on any atom is 0.0693 e.